The van der Waals surface area contributed by atoms with Crippen molar-refractivity contribution in [3.05, 3.63) is 82.4 Å². The van der Waals surface area contributed by atoms with E-state index in [-0.39, 0.29) is 11.9 Å². The van der Waals surface area contributed by atoms with Crippen LogP contribution >= 0.6 is 11.6 Å². The SMILES string of the molecule is Nc1ccc(C2CN(C(=O)Cc3ccc4c(c3)CCO4)CC[NH+]2c2ccc(N)cc2Cl)cc1. The topological polar surface area (TPSA) is 86.0 Å². The van der Waals surface area contributed by atoms with Gasteiger partial charge in [-0.15, -0.1) is 0 Å². The summed E-state index contributed by atoms with van der Waals surface area (Å²) in [6.07, 6.45) is 1.29. The van der Waals surface area contributed by atoms with Gasteiger partial charge in [0.1, 0.15) is 23.4 Å². The van der Waals surface area contributed by atoms with E-state index < -0.39 is 0 Å². The number of ether oxygens (including phenoxy) is 1. The number of carbonyl (C=O) groups excluding carboxylic acids is 1. The van der Waals surface area contributed by atoms with Gasteiger partial charge in [-0.25, -0.2) is 0 Å². The Balaban J connectivity index is 1.39. The number of nitrogens with two attached hydrogens (primary N) is 2. The van der Waals surface area contributed by atoms with Crippen LogP contribution in [0.3, 0.4) is 0 Å². The molecular formula is C26H28ClN4O2+. The minimum absolute atomic E-state index is 0.0397. The van der Waals surface area contributed by atoms with Gasteiger partial charge in [0.2, 0.25) is 5.91 Å². The number of amides is 1. The zero-order chi connectivity index (χ0) is 22.9. The van der Waals surface area contributed by atoms with Gasteiger partial charge in [0.25, 0.3) is 0 Å². The molecule has 170 valence electrons. The lowest BCUT2D eigenvalue weighted by Gasteiger charge is -2.39. The van der Waals surface area contributed by atoms with Crippen LogP contribution in [0, 0.1) is 0 Å². The number of piperazine rings is 1. The molecule has 0 radical (unpaired) electrons. The molecule has 0 bridgehead atoms. The summed E-state index contributed by atoms with van der Waals surface area (Å²) in [6.45, 7) is 2.73. The summed E-state index contributed by atoms with van der Waals surface area (Å²) in [5.41, 5.74) is 17.5. The Bertz CT molecular complexity index is 1180. The minimum atomic E-state index is 0.0397. The number of nitrogens with one attached hydrogen (secondary N) is 1. The van der Waals surface area contributed by atoms with E-state index in [9.17, 15) is 4.79 Å². The van der Waals surface area contributed by atoms with Gasteiger partial charge in [-0.05, 0) is 41.5 Å². The number of benzene rings is 3. The molecule has 2 heterocycles. The first-order valence-corrected chi connectivity index (χ1v) is 11.6. The number of fused-ring (bicyclic) bond motifs is 1. The predicted molar refractivity (Wildman–Crippen MR) is 131 cm³/mol. The van der Waals surface area contributed by atoms with Crippen LogP contribution in [0.2, 0.25) is 5.02 Å². The maximum atomic E-state index is 13.3. The Labute approximate surface area is 198 Å². The summed E-state index contributed by atoms with van der Waals surface area (Å²) >= 11 is 6.58. The van der Waals surface area contributed by atoms with E-state index in [2.05, 4.69) is 6.07 Å². The Morgan fingerprint density at radius 2 is 1.85 bits per heavy atom. The summed E-state index contributed by atoms with van der Waals surface area (Å²) in [6, 6.07) is 19.7. The maximum absolute atomic E-state index is 13.3. The maximum Gasteiger partial charge on any atom is 0.227 e. The van der Waals surface area contributed by atoms with Gasteiger partial charge >= 0.3 is 0 Å². The normalized spacial score (nSPS) is 19.7. The van der Waals surface area contributed by atoms with E-state index in [1.54, 1.807) is 6.07 Å². The molecule has 0 aromatic heterocycles. The highest BCUT2D eigenvalue weighted by Crippen LogP contribution is 2.27. The molecule has 1 saturated heterocycles. The first-order chi connectivity index (χ1) is 16.0. The number of anilines is 2. The van der Waals surface area contributed by atoms with Crippen molar-refractivity contribution in [1.82, 2.24) is 4.90 Å². The number of quaternary nitrogens is 1. The van der Waals surface area contributed by atoms with Gasteiger partial charge in [0.15, 0.2) is 5.69 Å². The second kappa shape index (κ2) is 8.96. The monoisotopic (exact) mass is 463 g/mol. The number of hydrogen-bond donors (Lipinski definition) is 3. The molecule has 0 spiro atoms. The molecule has 2 aliphatic heterocycles. The van der Waals surface area contributed by atoms with Crippen LogP contribution in [0.25, 0.3) is 0 Å². The van der Waals surface area contributed by atoms with Gasteiger partial charge in [0.05, 0.1) is 26.1 Å². The molecule has 7 heteroatoms. The number of hydrogen-bond acceptors (Lipinski definition) is 4. The average Bonchev–Trinajstić information content (AvgIpc) is 3.27. The lowest BCUT2D eigenvalue weighted by Crippen LogP contribution is -3.10. The van der Waals surface area contributed by atoms with Gasteiger partial charge in [-0.1, -0.05) is 35.9 Å². The summed E-state index contributed by atoms with van der Waals surface area (Å²) in [5, 5.41) is 0.644. The van der Waals surface area contributed by atoms with Gasteiger partial charge in [-0.3, -0.25) is 9.69 Å². The standard InChI is InChI=1S/C26H27ClN4O2/c27-22-15-21(29)6-7-23(22)31-11-10-30(16-24(31)18-2-4-20(28)5-3-18)26(32)14-17-1-8-25-19(13-17)9-12-33-25/h1-8,13,15,24H,9-12,14,16,28-29H2/p+1. The van der Waals surface area contributed by atoms with Crippen molar-refractivity contribution < 1.29 is 14.4 Å². The highest BCUT2D eigenvalue weighted by molar-refractivity contribution is 6.32. The number of rotatable bonds is 4. The molecule has 1 amide bonds. The Morgan fingerprint density at radius 1 is 1.06 bits per heavy atom. The number of halogens is 1. The van der Waals surface area contributed by atoms with Gasteiger partial charge in [-0.2, -0.15) is 0 Å². The van der Waals surface area contributed by atoms with Crippen LogP contribution in [-0.2, 0) is 17.6 Å². The summed E-state index contributed by atoms with van der Waals surface area (Å²) in [5.74, 6) is 1.07. The molecule has 6 nitrogen and oxygen atoms in total. The zero-order valence-corrected chi connectivity index (χ0v) is 19.1. The van der Waals surface area contributed by atoms with Gasteiger partial charge in [0, 0.05) is 29.4 Å². The fraction of sp³-hybridized carbons (Fsp3) is 0.269. The van der Waals surface area contributed by atoms with E-state index in [0.29, 0.717) is 36.8 Å². The molecule has 2 atom stereocenters. The molecule has 5 N–H and O–H groups in total. The molecule has 3 aromatic carbocycles. The van der Waals surface area contributed by atoms with Crippen molar-refractivity contribution in [2.24, 2.45) is 0 Å². The van der Waals surface area contributed by atoms with Crippen molar-refractivity contribution in [2.45, 2.75) is 18.9 Å². The van der Waals surface area contributed by atoms with Crippen molar-refractivity contribution in [2.75, 3.05) is 37.7 Å². The Kier molecular flexibility index (Phi) is 5.87. The van der Waals surface area contributed by atoms with Crippen LogP contribution in [0.15, 0.2) is 60.7 Å². The van der Waals surface area contributed by atoms with Crippen LogP contribution in [0.1, 0.15) is 22.7 Å². The largest absolute Gasteiger partial charge is 0.493 e. The smallest absolute Gasteiger partial charge is 0.227 e. The Hall–Kier alpha value is -3.22. The fourth-order valence-electron chi connectivity index (χ4n) is 4.86. The second-order valence-corrected chi connectivity index (χ2v) is 9.20. The first kappa shape index (κ1) is 21.6. The second-order valence-electron chi connectivity index (χ2n) is 8.79. The Morgan fingerprint density at radius 3 is 2.64 bits per heavy atom. The third kappa shape index (κ3) is 4.49. The fourth-order valence-corrected chi connectivity index (χ4v) is 5.17. The van der Waals surface area contributed by atoms with Crippen molar-refractivity contribution in [3.63, 3.8) is 0 Å². The lowest BCUT2D eigenvalue weighted by molar-refractivity contribution is -0.872. The number of nitrogen functional groups attached to an aromatic ring is 2. The molecule has 0 saturated carbocycles. The summed E-state index contributed by atoms with van der Waals surface area (Å²) < 4.78 is 5.59. The average molecular weight is 464 g/mol. The predicted octanol–water partition coefficient (Wildman–Crippen LogP) is 2.78. The van der Waals surface area contributed by atoms with E-state index in [1.165, 1.54) is 10.5 Å². The van der Waals surface area contributed by atoms with Crippen LogP contribution < -0.4 is 21.1 Å². The van der Waals surface area contributed by atoms with Crippen LogP contribution in [-0.4, -0.2) is 37.0 Å². The van der Waals surface area contributed by atoms with E-state index in [0.717, 1.165) is 41.2 Å². The highest BCUT2D eigenvalue weighted by Gasteiger charge is 2.36. The number of carbonyl (C=O) groups is 1. The molecule has 2 unspecified atom stereocenters. The van der Waals surface area contributed by atoms with Crippen LogP contribution in [0.4, 0.5) is 17.1 Å². The number of nitrogens with zero attached hydrogens (tertiary/aromatic N) is 1. The summed E-state index contributed by atoms with van der Waals surface area (Å²) in [7, 11) is 0. The third-order valence-electron chi connectivity index (χ3n) is 6.61. The molecule has 5 rings (SSSR count). The molecule has 1 fully saturated rings. The molecule has 2 aliphatic rings. The molecular weight excluding hydrogens is 436 g/mol. The van der Waals surface area contributed by atoms with Crippen molar-refractivity contribution in [1.29, 1.82) is 0 Å². The zero-order valence-electron chi connectivity index (χ0n) is 18.4. The van der Waals surface area contributed by atoms with E-state index in [4.69, 9.17) is 27.8 Å². The highest BCUT2D eigenvalue weighted by atomic mass is 35.5. The quantitative estimate of drug-likeness (QED) is 0.519. The lowest BCUT2D eigenvalue weighted by atomic mass is 9.99. The van der Waals surface area contributed by atoms with Gasteiger partial charge < -0.3 is 21.1 Å². The van der Waals surface area contributed by atoms with Crippen molar-refractivity contribution in [3.8, 4) is 5.75 Å². The minimum Gasteiger partial charge on any atom is -0.493 e. The first-order valence-electron chi connectivity index (χ1n) is 11.3. The molecule has 0 aliphatic carbocycles. The van der Waals surface area contributed by atoms with E-state index in [1.807, 2.05) is 53.4 Å². The summed E-state index contributed by atoms with van der Waals surface area (Å²) in [4.78, 5) is 16.5. The van der Waals surface area contributed by atoms with E-state index >= 15 is 0 Å². The van der Waals surface area contributed by atoms with Crippen LogP contribution in [0.5, 0.6) is 5.75 Å². The third-order valence-corrected chi connectivity index (χ3v) is 6.93. The van der Waals surface area contributed by atoms with Crippen molar-refractivity contribution >= 4 is 34.6 Å². The molecule has 33 heavy (non-hydrogen) atoms. The molecule has 3 aromatic rings.